The molecule has 12 heteroatoms. The van der Waals surface area contributed by atoms with Crippen LogP contribution in [0.5, 0.6) is 5.75 Å². The Kier molecular flexibility index (Phi) is 6.06. The van der Waals surface area contributed by atoms with Crippen molar-refractivity contribution in [2.45, 2.75) is 24.2 Å². The molecule has 9 nitrogen and oxygen atoms in total. The van der Waals surface area contributed by atoms with Gasteiger partial charge < -0.3 is 10.0 Å². The summed E-state index contributed by atoms with van der Waals surface area (Å²) in [6.07, 6.45) is 0.454. The maximum atomic E-state index is 13.1. The Labute approximate surface area is 181 Å². The highest BCUT2D eigenvalue weighted by molar-refractivity contribution is 7.99. The molecule has 0 bridgehead atoms. The highest BCUT2D eigenvalue weighted by Gasteiger charge is 2.35. The minimum Gasteiger partial charge on any atom is -0.508 e. The average molecular weight is 466 g/mol. The maximum Gasteiger partial charge on any atom is 0.233 e. The fraction of sp³-hybridized carbons (Fsp3) is 0.333. The van der Waals surface area contributed by atoms with Crippen LogP contribution in [0.1, 0.15) is 11.3 Å². The second-order valence-corrected chi connectivity index (χ2v) is 11.0. The van der Waals surface area contributed by atoms with E-state index in [1.807, 2.05) is 17.5 Å². The number of phenolic OH excluding ortho intramolecular Hbond substituents is 1. The predicted octanol–water partition coefficient (Wildman–Crippen LogP) is 1.74. The number of aromatic nitrogens is 4. The lowest BCUT2D eigenvalue weighted by atomic mass is 10.2. The number of hydrogen-bond acceptors (Lipinski definition) is 9. The lowest BCUT2D eigenvalue weighted by molar-refractivity contribution is -0.130. The topological polar surface area (TPSA) is 118 Å². The first kappa shape index (κ1) is 20.8. The van der Waals surface area contributed by atoms with Crippen molar-refractivity contribution in [3.8, 4) is 11.4 Å². The number of carbonyl (C=O) groups is 1. The van der Waals surface area contributed by atoms with Gasteiger partial charge in [-0.15, -0.1) is 16.4 Å². The fourth-order valence-electron chi connectivity index (χ4n) is 3.25. The Morgan fingerprint density at radius 1 is 1.30 bits per heavy atom. The number of rotatable bonds is 7. The van der Waals surface area contributed by atoms with Crippen LogP contribution in [0.3, 0.4) is 0 Å². The Bertz CT molecular complexity index is 1110. The third kappa shape index (κ3) is 4.82. The Hall–Kier alpha value is -2.44. The van der Waals surface area contributed by atoms with Crippen LogP contribution < -0.4 is 0 Å². The van der Waals surface area contributed by atoms with Gasteiger partial charge in [0.25, 0.3) is 0 Å². The molecule has 1 fully saturated rings. The molecule has 1 aliphatic rings. The molecule has 3 aromatic rings. The van der Waals surface area contributed by atoms with Crippen molar-refractivity contribution in [1.29, 1.82) is 0 Å². The van der Waals surface area contributed by atoms with Gasteiger partial charge in [-0.2, -0.15) is 4.68 Å². The number of aromatic hydroxyl groups is 1. The highest BCUT2D eigenvalue weighted by Crippen LogP contribution is 2.25. The van der Waals surface area contributed by atoms with Gasteiger partial charge in [0.1, 0.15) is 5.75 Å². The number of benzene rings is 1. The van der Waals surface area contributed by atoms with Gasteiger partial charge >= 0.3 is 0 Å². The van der Waals surface area contributed by atoms with E-state index in [1.54, 1.807) is 17.0 Å². The van der Waals surface area contributed by atoms with Crippen LogP contribution >= 0.6 is 23.1 Å². The zero-order valence-corrected chi connectivity index (χ0v) is 18.2. The van der Waals surface area contributed by atoms with E-state index >= 15 is 0 Å². The van der Waals surface area contributed by atoms with Crippen LogP contribution in [0.2, 0.25) is 0 Å². The molecule has 1 aliphatic heterocycles. The van der Waals surface area contributed by atoms with Crippen molar-refractivity contribution in [2.75, 3.05) is 17.3 Å². The van der Waals surface area contributed by atoms with Crippen LogP contribution in [0, 0.1) is 0 Å². The minimum atomic E-state index is -3.11. The van der Waals surface area contributed by atoms with Crippen LogP contribution in [0.25, 0.3) is 5.69 Å². The number of sulfone groups is 1. The molecule has 1 saturated heterocycles. The maximum absolute atomic E-state index is 13.1. The number of thiophene rings is 1. The normalized spacial score (nSPS) is 17.8. The van der Waals surface area contributed by atoms with Gasteiger partial charge in [-0.1, -0.05) is 17.8 Å². The van der Waals surface area contributed by atoms with Crippen molar-refractivity contribution in [3.63, 3.8) is 0 Å². The molecule has 4 rings (SSSR count). The Morgan fingerprint density at radius 2 is 2.10 bits per heavy atom. The molecular formula is C18H19N5O4S3. The smallest absolute Gasteiger partial charge is 0.233 e. The zero-order valence-electron chi connectivity index (χ0n) is 15.8. The zero-order chi connectivity index (χ0) is 21.1. The molecule has 2 aromatic heterocycles. The number of amides is 1. The minimum absolute atomic E-state index is 0.0000282. The van der Waals surface area contributed by atoms with Gasteiger partial charge in [-0.3, -0.25) is 4.79 Å². The van der Waals surface area contributed by atoms with Gasteiger partial charge in [0.15, 0.2) is 9.84 Å². The van der Waals surface area contributed by atoms with E-state index in [4.69, 9.17) is 0 Å². The third-order valence-corrected chi connectivity index (χ3v) is 8.25. The first-order chi connectivity index (χ1) is 14.4. The van der Waals surface area contributed by atoms with E-state index in [9.17, 15) is 18.3 Å². The molecule has 3 heterocycles. The summed E-state index contributed by atoms with van der Waals surface area (Å²) < 4.78 is 25.4. The van der Waals surface area contributed by atoms with E-state index < -0.39 is 9.84 Å². The summed E-state index contributed by atoms with van der Waals surface area (Å²) in [5, 5.41) is 23.4. The highest BCUT2D eigenvalue weighted by atomic mass is 32.2. The van der Waals surface area contributed by atoms with Crippen molar-refractivity contribution >= 4 is 38.8 Å². The van der Waals surface area contributed by atoms with Gasteiger partial charge in [-0.25, -0.2) is 8.42 Å². The van der Waals surface area contributed by atoms with Crippen LogP contribution in [0.15, 0.2) is 46.9 Å². The second-order valence-electron chi connectivity index (χ2n) is 6.84. The van der Waals surface area contributed by atoms with Crippen molar-refractivity contribution < 1.29 is 18.3 Å². The van der Waals surface area contributed by atoms with Crippen molar-refractivity contribution in [2.24, 2.45) is 0 Å². The number of thioether (sulfide) groups is 1. The number of tetrazole rings is 1. The number of hydrogen-bond donors (Lipinski definition) is 1. The summed E-state index contributed by atoms with van der Waals surface area (Å²) >= 11 is 2.72. The van der Waals surface area contributed by atoms with Crippen molar-refractivity contribution in [3.05, 3.63) is 46.7 Å². The Balaban J connectivity index is 1.48. The van der Waals surface area contributed by atoms with Gasteiger partial charge in [0.2, 0.25) is 11.1 Å². The van der Waals surface area contributed by atoms with Gasteiger partial charge in [0.05, 0.1) is 29.5 Å². The monoisotopic (exact) mass is 465 g/mol. The van der Waals surface area contributed by atoms with Crippen LogP contribution in [0.4, 0.5) is 0 Å². The van der Waals surface area contributed by atoms with Gasteiger partial charge in [-0.05, 0) is 52.6 Å². The summed E-state index contributed by atoms with van der Waals surface area (Å²) in [7, 11) is -3.11. The molecule has 1 aromatic carbocycles. The first-order valence-corrected chi connectivity index (χ1v) is 12.8. The molecule has 1 atom stereocenters. The average Bonchev–Trinajstić information content (AvgIpc) is 3.46. The standard InChI is InChI=1S/C18H19N5O4S3/c24-15-5-3-13(4-6-15)23-18(19-20-21-23)29-11-17(25)22(10-16-2-1-8-28-16)14-7-9-30(26,27)12-14/h1-6,8,14,24H,7,9-12H2/t14-/m1/s1. The quantitative estimate of drug-likeness (QED) is 0.524. The summed E-state index contributed by atoms with van der Waals surface area (Å²) in [6.45, 7) is 0.389. The SMILES string of the molecule is O=C(CSc1nnnn1-c1ccc(O)cc1)N(Cc1cccs1)[C@@H]1CCS(=O)(=O)C1. The van der Waals surface area contributed by atoms with Crippen LogP contribution in [-0.4, -0.2) is 67.8 Å². The van der Waals surface area contributed by atoms with E-state index in [1.165, 1.54) is 39.9 Å². The molecule has 0 spiro atoms. The lowest BCUT2D eigenvalue weighted by Crippen LogP contribution is -2.41. The molecule has 0 aliphatic carbocycles. The number of nitrogens with zero attached hydrogens (tertiary/aromatic N) is 5. The van der Waals surface area contributed by atoms with Gasteiger partial charge in [0, 0.05) is 10.9 Å². The van der Waals surface area contributed by atoms with E-state index in [2.05, 4.69) is 15.5 Å². The van der Waals surface area contributed by atoms with Crippen molar-refractivity contribution in [1.82, 2.24) is 25.1 Å². The van der Waals surface area contributed by atoms with E-state index in [0.717, 1.165) is 4.88 Å². The molecule has 30 heavy (non-hydrogen) atoms. The molecule has 0 radical (unpaired) electrons. The summed E-state index contributed by atoms with van der Waals surface area (Å²) in [5.41, 5.74) is 0.657. The third-order valence-electron chi connectivity index (χ3n) is 4.74. The predicted molar refractivity (Wildman–Crippen MR) is 113 cm³/mol. The molecule has 1 amide bonds. The number of phenols is 1. The molecule has 0 saturated carbocycles. The summed E-state index contributed by atoms with van der Waals surface area (Å²) in [4.78, 5) is 15.7. The molecule has 1 N–H and O–H groups in total. The van der Waals surface area contributed by atoms with E-state index in [0.29, 0.717) is 23.8 Å². The summed E-state index contributed by atoms with van der Waals surface area (Å²) in [5.74, 6) is 0.168. The summed E-state index contributed by atoms with van der Waals surface area (Å²) in [6, 6.07) is 9.92. The van der Waals surface area contributed by atoms with Crippen LogP contribution in [-0.2, 0) is 21.2 Å². The molecular weight excluding hydrogens is 446 g/mol. The number of carbonyl (C=O) groups excluding carboxylic acids is 1. The molecule has 158 valence electrons. The first-order valence-electron chi connectivity index (χ1n) is 9.14. The van der Waals surface area contributed by atoms with E-state index in [-0.39, 0.29) is 35.0 Å². The fourth-order valence-corrected chi connectivity index (χ4v) is 6.46. The second kappa shape index (κ2) is 8.74. The largest absolute Gasteiger partial charge is 0.508 e. The molecule has 0 unspecified atom stereocenters. The lowest BCUT2D eigenvalue weighted by Gasteiger charge is -2.27. The Morgan fingerprint density at radius 3 is 2.77 bits per heavy atom.